The number of carbonyl (C=O) groups excluding carboxylic acids is 1. The van der Waals surface area contributed by atoms with Gasteiger partial charge in [0.25, 0.3) is 5.91 Å². The standard InChI is InChI=1S/C17H17F2NO3/c1-20(11-12-22-13-7-3-2-4-8-13)16(21)14-9-5-6-10-15(14)23-17(18)19/h2-10,17H,11-12H2,1H3. The molecule has 0 saturated carbocycles. The van der Waals surface area contributed by atoms with Gasteiger partial charge in [0.2, 0.25) is 0 Å². The van der Waals surface area contributed by atoms with E-state index in [-0.39, 0.29) is 11.3 Å². The van der Waals surface area contributed by atoms with Gasteiger partial charge in [0.1, 0.15) is 18.1 Å². The van der Waals surface area contributed by atoms with Gasteiger partial charge in [-0.15, -0.1) is 0 Å². The molecule has 0 aliphatic heterocycles. The van der Waals surface area contributed by atoms with Crippen LogP contribution >= 0.6 is 0 Å². The van der Waals surface area contributed by atoms with Crippen LogP contribution < -0.4 is 9.47 Å². The Balaban J connectivity index is 1.94. The van der Waals surface area contributed by atoms with Crippen LogP contribution in [-0.2, 0) is 0 Å². The Morgan fingerprint density at radius 2 is 1.74 bits per heavy atom. The minimum atomic E-state index is -2.98. The highest BCUT2D eigenvalue weighted by molar-refractivity contribution is 5.96. The number of alkyl halides is 2. The molecule has 0 fully saturated rings. The number of likely N-dealkylation sites (N-methyl/N-ethyl adjacent to an activating group) is 1. The van der Waals surface area contributed by atoms with Gasteiger partial charge in [-0.25, -0.2) is 0 Å². The molecule has 1 amide bonds. The minimum absolute atomic E-state index is 0.0926. The molecule has 2 aromatic carbocycles. The molecule has 0 aromatic heterocycles. The van der Waals surface area contributed by atoms with Crippen molar-refractivity contribution in [3.63, 3.8) is 0 Å². The zero-order valence-corrected chi connectivity index (χ0v) is 12.6. The van der Waals surface area contributed by atoms with Gasteiger partial charge in [-0.3, -0.25) is 4.79 Å². The molecule has 4 nitrogen and oxygen atoms in total. The number of ether oxygens (including phenoxy) is 2. The first kappa shape index (κ1) is 16.7. The molecule has 0 heterocycles. The van der Waals surface area contributed by atoms with Crippen molar-refractivity contribution in [1.82, 2.24) is 4.90 Å². The molecular formula is C17H17F2NO3. The maximum Gasteiger partial charge on any atom is 0.387 e. The van der Waals surface area contributed by atoms with E-state index in [1.54, 1.807) is 13.1 Å². The van der Waals surface area contributed by atoms with Crippen LogP contribution in [0.1, 0.15) is 10.4 Å². The molecule has 0 atom stereocenters. The third kappa shape index (κ3) is 4.95. The summed E-state index contributed by atoms with van der Waals surface area (Å²) in [5.74, 6) is 0.163. The van der Waals surface area contributed by atoms with Crippen LogP contribution in [0, 0.1) is 0 Å². The molecule has 122 valence electrons. The van der Waals surface area contributed by atoms with E-state index < -0.39 is 12.5 Å². The van der Waals surface area contributed by atoms with E-state index in [2.05, 4.69) is 4.74 Å². The fourth-order valence-corrected chi connectivity index (χ4v) is 1.97. The Bertz CT molecular complexity index is 635. The largest absolute Gasteiger partial charge is 0.492 e. The summed E-state index contributed by atoms with van der Waals surface area (Å²) in [6.07, 6.45) is 0. The molecule has 0 radical (unpaired) electrons. The fourth-order valence-electron chi connectivity index (χ4n) is 1.97. The molecular weight excluding hydrogens is 304 g/mol. The highest BCUT2D eigenvalue weighted by atomic mass is 19.3. The number of amides is 1. The zero-order valence-electron chi connectivity index (χ0n) is 12.6. The normalized spacial score (nSPS) is 10.4. The average molecular weight is 321 g/mol. The summed E-state index contributed by atoms with van der Waals surface area (Å²) in [6, 6.07) is 15.1. The lowest BCUT2D eigenvalue weighted by Crippen LogP contribution is -2.31. The van der Waals surface area contributed by atoms with Gasteiger partial charge in [-0.2, -0.15) is 8.78 Å². The number of rotatable bonds is 7. The first-order valence-corrected chi connectivity index (χ1v) is 7.05. The van der Waals surface area contributed by atoms with Crippen LogP contribution in [-0.4, -0.2) is 37.6 Å². The van der Waals surface area contributed by atoms with Crippen molar-refractivity contribution < 1.29 is 23.0 Å². The molecule has 0 aliphatic carbocycles. The monoisotopic (exact) mass is 321 g/mol. The molecule has 0 aliphatic rings. The number of halogens is 2. The lowest BCUT2D eigenvalue weighted by atomic mass is 10.2. The number of hydrogen-bond acceptors (Lipinski definition) is 3. The van der Waals surface area contributed by atoms with Crippen molar-refractivity contribution in [3.05, 3.63) is 60.2 Å². The molecule has 0 spiro atoms. The van der Waals surface area contributed by atoms with Gasteiger partial charge in [0.15, 0.2) is 0 Å². The lowest BCUT2D eigenvalue weighted by Gasteiger charge is -2.19. The molecule has 6 heteroatoms. The smallest absolute Gasteiger partial charge is 0.387 e. The SMILES string of the molecule is CN(CCOc1ccccc1)C(=O)c1ccccc1OC(F)F. The summed E-state index contributed by atoms with van der Waals surface area (Å²) in [7, 11) is 1.58. The molecule has 0 unspecified atom stereocenters. The van der Waals surface area contributed by atoms with Crippen LogP contribution in [0.25, 0.3) is 0 Å². The Labute approximate surface area is 133 Å². The van der Waals surface area contributed by atoms with Gasteiger partial charge in [-0.1, -0.05) is 30.3 Å². The van der Waals surface area contributed by atoms with E-state index in [0.29, 0.717) is 18.9 Å². The quantitative estimate of drug-likeness (QED) is 0.784. The molecule has 0 bridgehead atoms. The van der Waals surface area contributed by atoms with Crippen LogP contribution in [0.5, 0.6) is 11.5 Å². The maximum atomic E-state index is 12.4. The van der Waals surface area contributed by atoms with Crippen LogP contribution in [0.4, 0.5) is 8.78 Å². The Kier molecular flexibility index (Phi) is 5.91. The fraction of sp³-hybridized carbons (Fsp3) is 0.235. The summed E-state index contributed by atoms with van der Waals surface area (Å²) < 4.78 is 34.7. The van der Waals surface area contributed by atoms with E-state index in [0.717, 1.165) is 0 Å². The highest BCUT2D eigenvalue weighted by Gasteiger charge is 2.18. The third-order valence-electron chi connectivity index (χ3n) is 3.12. The summed E-state index contributed by atoms with van der Waals surface area (Å²) in [5, 5.41) is 0. The van der Waals surface area contributed by atoms with Crippen molar-refractivity contribution in [1.29, 1.82) is 0 Å². The van der Waals surface area contributed by atoms with E-state index >= 15 is 0 Å². The van der Waals surface area contributed by atoms with E-state index in [4.69, 9.17) is 4.74 Å². The van der Waals surface area contributed by atoms with Crippen molar-refractivity contribution in [2.75, 3.05) is 20.2 Å². The third-order valence-corrected chi connectivity index (χ3v) is 3.12. The first-order valence-electron chi connectivity index (χ1n) is 7.05. The van der Waals surface area contributed by atoms with E-state index in [1.807, 2.05) is 30.3 Å². The number of para-hydroxylation sites is 2. The molecule has 2 aromatic rings. The second kappa shape index (κ2) is 8.12. The number of benzene rings is 2. The Morgan fingerprint density at radius 3 is 2.43 bits per heavy atom. The van der Waals surface area contributed by atoms with Gasteiger partial charge in [0.05, 0.1) is 12.1 Å². The molecule has 0 N–H and O–H groups in total. The van der Waals surface area contributed by atoms with Crippen LogP contribution in [0.2, 0.25) is 0 Å². The number of carbonyl (C=O) groups is 1. The lowest BCUT2D eigenvalue weighted by molar-refractivity contribution is -0.0502. The summed E-state index contributed by atoms with van der Waals surface area (Å²) in [4.78, 5) is 13.7. The van der Waals surface area contributed by atoms with Crippen molar-refractivity contribution >= 4 is 5.91 Å². The predicted octanol–water partition coefficient (Wildman–Crippen LogP) is 3.44. The van der Waals surface area contributed by atoms with E-state index in [9.17, 15) is 13.6 Å². The van der Waals surface area contributed by atoms with Crippen molar-refractivity contribution in [3.8, 4) is 11.5 Å². The van der Waals surface area contributed by atoms with Crippen molar-refractivity contribution in [2.45, 2.75) is 6.61 Å². The Morgan fingerprint density at radius 1 is 1.09 bits per heavy atom. The van der Waals surface area contributed by atoms with Gasteiger partial charge < -0.3 is 14.4 Å². The maximum absolute atomic E-state index is 12.4. The van der Waals surface area contributed by atoms with Crippen LogP contribution in [0.3, 0.4) is 0 Å². The average Bonchev–Trinajstić information content (AvgIpc) is 2.55. The molecule has 0 saturated heterocycles. The van der Waals surface area contributed by atoms with Crippen LogP contribution in [0.15, 0.2) is 54.6 Å². The zero-order chi connectivity index (χ0) is 16.7. The van der Waals surface area contributed by atoms with Gasteiger partial charge >= 0.3 is 6.61 Å². The summed E-state index contributed by atoms with van der Waals surface area (Å²) >= 11 is 0. The highest BCUT2D eigenvalue weighted by Crippen LogP contribution is 2.21. The predicted molar refractivity (Wildman–Crippen MR) is 82.0 cm³/mol. The number of nitrogens with zero attached hydrogens (tertiary/aromatic N) is 1. The summed E-state index contributed by atoms with van der Waals surface area (Å²) in [5.41, 5.74) is 0.0926. The van der Waals surface area contributed by atoms with E-state index in [1.165, 1.54) is 23.1 Å². The summed E-state index contributed by atoms with van der Waals surface area (Å²) in [6.45, 7) is -2.36. The van der Waals surface area contributed by atoms with Crippen molar-refractivity contribution in [2.24, 2.45) is 0 Å². The van der Waals surface area contributed by atoms with Gasteiger partial charge in [0, 0.05) is 7.05 Å². The molecule has 2 rings (SSSR count). The topological polar surface area (TPSA) is 38.8 Å². The minimum Gasteiger partial charge on any atom is -0.492 e. The Hall–Kier alpha value is -2.63. The van der Waals surface area contributed by atoms with Gasteiger partial charge in [-0.05, 0) is 24.3 Å². The molecule has 23 heavy (non-hydrogen) atoms. The first-order chi connectivity index (χ1) is 11.1. The second-order valence-electron chi connectivity index (χ2n) is 4.76. The number of hydrogen-bond donors (Lipinski definition) is 0. The second-order valence-corrected chi connectivity index (χ2v) is 4.76.